The fourth-order valence-corrected chi connectivity index (χ4v) is 5.04. The molecule has 0 heterocycles. The molecule has 0 radical (unpaired) electrons. The summed E-state index contributed by atoms with van der Waals surface area (Å²) in [5.41, 5.74) is 1.84. The monoisotopic (exact) mass is 606 g/mol. The lowest BCUT2D eigenvalue weighted by molar-refractivity contribution is -0.142. The molecule has 0 aliphatic carbocycles. The van der Waals surface area contributed by atoms with Crippen LogP contribution in [0.25, 0.3) is 10.8 Å². The summed E-state index contributed by atoms with van der Waals surface area (Å²) in [6, 6.07) is 28.1. The highest BCUT2D eigenvalue weighted by Crippen LogP contribution is 2.33. The van der Waals surface area contributed by atoms with E-state index in [2.05, 4.69) is 21.2 Å². The third-order valence-corrected chi connectivity index (χ3v) is 7.47. The zero-order chi connectivity index (χ0) is 27.8. The van der Waals surface area contributed by atoms with Crippen molar-refractivity contribution in [1.82, 2.24) is 10.2 Å². The molecule has 4 rings (SSSR count). The summed E-state index contributed by atoms with van der Waals surface area (Å²) in [5.74, 6) is 0.366. The molecule has 5 nitrogen and oxygen atoms in total. The second-order valence-corrected chi connectivity index (χ2v) is 11.1. The molecule has 0 saturated carbocycles. The minimum atomic E-state index is -0.724. The minimum Gasteiger partial charge on any atom is -0.483 e. The van der Waals surface area contributed by atoms with E-state index >= 15 is 0 Å². The molecule has 0 aliphatic rings. The molecule has 1 N–H and O–H groups in total. The largest absolute Gasteiger partial charge is 0.483 e. The van der Waals surface area contributed by atoms with E-state index in [-0.39, 0.29) is 30.9 Å². The first-order chi connectivity index (χ1) is 18.8. The lowest BCUT2D eigenvalue weighted by Gasteiger charge is -2.31. The fourth-order valence-electron chi connectivity index (χ4n) is 4.31. The third kappa shape index (κ3) is 7.84. The van der Waals surface area contributed by atoms with Crippen LogP contribution >= 0.6 is 27.5 Å². The summed E-state index contributed by atoms with van der Waals surface area (Å²) in [6.07, 6.45) is 0.379. The van der Waals surface area contributed by atoms with Crippen LogP contribution in [0.2, 0.25) is 5.02 Å². The van der Waals surface area contributed by atoms with Gasteiger partial charge in [-0.2, -0.15) is 0 Å². The van der Waals surface area contributed by atoms with E-state index in [0.29, 0.717) is 23.7 Å². The molecule has 2 amide bonds. The lowest BCUT2D eigenvalue weighted by atomic mass is 10.0. The van der Waals surface area contributed by atoms with E-state index in [1.54, 1.807) is 17.0 Å². The summed E-state index contributed by atoms with van der Waals surface area (Å²) in [5, 5.41) is 5.70. The van der Waals surface area contributed by atoms with Crippen molar-refractivity contribution < 1.29 is 14.3 Å². The van der Waals surface area contributed by atoms with Gasteiger partial charge in [0.2, 0.25) is 5.91 Å². The number of hydrogen-bond donors (Lipinski definition) is 1. The SMILES string of the molecule is CC(C)CNC(=O)[C@@H](Cc1ccccc1)N(Cc1ccc(Cl)cc1)C(=O)COc1ccc2ccccc2c1Br. The summed E-state index contributed by atoms with van der Waals surface area (Å²) in [7, 11) is 0. The van der Waals surface area contributed by atoms with Crippen LogP contribution in [0.15, 0.2) is 95.5 Å². The van der Waals surface area contributed by atoms with Gasteiger partial charge < -0.3 is 15.0 Å². The zero-order valence-corrected chi connectivity index (χ0v) is 24.4. The van der Waals surface area contributed by atoms with Gasteiger partial charge in [0.15, 0.2) is 6.61 Å². The van der Waals surface area contributed by atoms with Gasteiger partial charge in [-0.3, -0.25) is 9.59 Å². The molecule has 0 aromatic heterocycles. The quantitative estimate of drug-likeness (QED) is 0.199. The topological polar surface area (TPSA) is 58.6 Å². The van der Waals surface area contributed by atoms with Crippen LogP contribution in [-0.2, 0) is 22.6 Å². The van der Waals surface area contributed by atoms with Crippen LogP contribution in [0.5, 0.6) is 5.75 Å². The first-order valence-corrected chi connectivity index (χ1v) is 14.1. The van der Waals surface area contributed by atoms with Gasteiger partial charge in [0.25, 0.3) is 5.91 Å². The van der Waals surface area contributed by atoms with Gasteiger partial charge in [0.05, 0.1) is 4.47 Å². The van der Waals surface area contributed by atoms with Crippen molar-refractivity contribution in [3.63, 3.8) is 0 Å². The van der Waals surface area contributed by atoms with Crippen LogP contribution in [0, 0.1) is 5.92 Å². The number of ether oxygens (including phenoxy) is 1. The Morgan fingerprint density at radius 2 is 1.59 bits per heavy atom. The standard InChI is InChI=1S/C32H32BrClN2O3/c1-22(2)19-35-32(38)28(18-23-8-4-3-5-9-23)36(20-24-12-15-26(34)16-13-24)30(37)21-39-29-17-14-25-10-6-7-11-27(25)31(29)33/h3-17,22,28H,18-21H2,1-2H3,(H,35,38)/t28-/m1/s1. The van der Waals surface area contributed by atoms with Gasteiger partial charge >= 0.3 is 0 Å². The van der Waals surface area contributed by atoms with Gasteiger partial charge in [-0.1, -0.05) is 98.2 Å². The zero-order valence-electron chi connectivity index (χ0n) is 22.1. The van der Waals surface area contributed by atoms with Crippen LogP contribution in [0.1, 0.15) is 25.0 Å². The van der Waals surface area contributed by atoms with E-state index in [1.165, 1.54) is 0 Å². The molecule has 0 fully saturated rings. The van der Waals surface area contributed by atoms with Gasteiger partial charge in [-0.25, -0.2) is 0 Å². The van der Waals surface area contributed by atoms with E-state index in [4.69, 9.17) is 16.3 Å². The minimum absolute atomic E-state index is 0.193. The maximum atomic E-state index is 13.8. The van der Waals surface area contributed by atoms with Crippen molar-refractivity contribution in [2.45, 2.75) is 32.9 Å². The molecule has 0 unspecified atom stereocenters. The number of benzene rings is 4. The molecule has 4 aromatic carbocycles. The van der Waals surface area contributed by atoms with Crippen molar-refractivity contribution in [2.24, 2.45) is 5.92 Å². The smallest absolute Gasteiger partial charge is 0.261 e. The first-order valence-electron chi connectivity index (χ1n) is 13.0. The second-order valence-electron chi connectivity index (χ2n) is 9.88. The van der Waals surface area contributed by atoms with Crippen molar-refractivity contribution in [2.75, 3.05) is 13.2 Å². The van der Waals surface area contributed by atoms with Crippen LogP contribution < -0.4 is 10.1 Å². The summed E-state index contributed by atoms with van der Waals surface area (Å²) < 4.78 is 6.82. The van der Waals surface area contributed by atoms with E-state index < -0.39 is 6.04 Å². The highest BCUT2D eigenvalue weighted by Gasteiger charge is 2.31. The number of carbonyl (C=O) groups is 2. The highest BCUT2D eigenvalue weighted by atomic mass is 79.9. The Labute approximate surface area is 243 Å². The van der Waals surface area contributed by atoms with Crippen molar-refractivity contribution >= 4 is 50.1 Å². The number of nitrogens with zero attached hydrogens (tertiary/aromatic N) is 1. The van der Waals surface area contributed by atoms with Gasteiger partial charge in [-0.15, -0.1) is 0 Å². The maximum absolute atomic E-state index is 13.8. The summed E-state index contributed by atoms with van der Waals surface area (Å²) >= 11 is 9.74. The number of fused-ring (bicyclic) bond motifs is 1. The average molecular weight is 608 g/mol. The van der Waals surface area contributed by atoms with Gasteiger partial charge in [-0.05, 0) is 61.9 Å². The number of amides is 2. The molecule has 0 aliphatic heterocycles. The predicted octanol–water partition coefficient (Wildman–Crippen LogP) is 7.05. The molecule has 202 valence electrons. The van der Waals surface area contributed by atoms with Gasteiger partial charge in [0.1, 0.15) is 11.8 Å². The number of hydrogen-bond acceptors (Lipinski definition) is 3. The van der Waals surface area contributed by atoms with Crippen molar-refractivity contribution in [3.8, 4) is 5.75 Å². The van der Waals surface area contributed by atoms with Crippen LogP contribution in [-0.4, -0.2) is 35.9 Å². The second kappa shape index (κ2) is 13.6. The van der Waals surface area contributed by atoms with Crippen molar-refractivity contribution in [3.05, 3.63) is 112 Å². The maximum Gasteiger partial charge on any atom is 0.261 e. The molecule has 7 heteroatoms. The predicted molar refractivity (Wildman–Crippen MR) is 161 cm³/mol. The molecular weight excluding hydrogens is 576 g/mol. The number of nitrogens with one attached hydrogen (secondary N) is 1. The van der Waals surface area contributed by atoms with E-state index in [0.717, 1.165) is 26.4 Å². The fraction of sp³-hybridized carbons (Fsp3) is 0.250. The highest BCUT2D eigenvalue weighted by molar-refractivity contribution is 9.10. The number of rotatable bonds is 11. The molecule has 4 aromatic rings. The Balaban J connectivity index is 1.63. The third-order valence-electron chi connectivity index (χ3n) is 6.40. The summed E-state index contributed by atoms with van der Waals surface area (Å²) in [4.78, 5) is 29.0. The van der Waals surface area contributed by atoms with Crippen molar-refractivity contribution in [1.29, 1.82) is 0 Å². The van der Waals surface area contributed by atoms with Crippen LogP contribution in [0.3, 0.4) is 0 Å². The summed E-state index contributed by atoms with van der Waals surface area (Å²) in [6.45, 7) is 4.63. The Morgan fingerprint density at radius 1 is 0.897 bits per heavy atom. The van der Waals surface area contributed by atoms with Gasteiger partial charge in [0, 0.05) is 24.5 Å². The van der Waals surface area contributed by atoms with E-state index in [1.807, 2.05) is 92.7 Å². The average Bonchev–Trinajstić information content (AvgIpc) is 2.94. The Bertz CT molecular complexity index is 1410. The molecule has 39 heavy (non-hydrogen) atoms. The van der Waals surface area contributed by atoms with E-state index in [9.17, 15) is 9.59 Å². The first kappa shape index (κ1) is 28.7. The number of halogens is 2. The lowest BCUT2D eigenvalue weighted by Crippen LogP contribution is -2.52. The van der Waals surface area contributed by atoms with Crippen LogP contribution in [0.4, 0.5) is 0 Å². The number of carbonyl (C=O) groups excluding carboxylic acids is 2. The molecule has 0 spiro atoms. The molecule has 0 saturated heterocycles. The Kier molecular flexibility index (Phi) is 10.0. The molecule has 0 bridgehead atoms. The normalized spacial score (nSPS) is 11.8. The molecule has 1 atom stereocenters. The molecular formula is C32H32BrClN2O3. The Morgan fingerprint density at radius 3 is 2.31 bits per heavy atom. The Hall–Kier alpha value is -3.35.